The van der Waals surface area contributed by atoms with Crippen molar-refractivity contribution in [3.63, 3.8) is 0 Å². The van der Waals surface area contributed by atoms with Crippen molar-refractivity contribution < 1.29 is 5.11 Å². The summed E-state index contributed by atoms with van der Waals surface area (Å²) in [6.07, 6.45) is 4.81. The highest BCUT2D eigenvalue weighted by molar-refractivity contribution is 4.92. The van der Waals surface area contributed by atoms with Crippen molar-refractivity contribution in [3.8, 4) is 0 Å². The molecule has 2 unspecified atom stereocenters. The van der Waals surface area contributed by atoms with E-state index in [0.29, 0.717) is 6.61 Å². The monoisotopic (exact) mass is 171 g/mol. The average molecular weight is 171 g/mol. The first kappa shape index (κ1) is 10.0. The highest BCUT2D eigenvalue weighted by Gasteiger charge is 2.37. The van der Waals surface area contributed by atoms with Crippen LogP contribution in [0.15, 0.2) is 0 Å². The van der Waals surface area contributed by atoms with Gasteiger partial charge < -0.3 is 10.0 Å². The SMILES string of the molecule is CCC1CC1N(C)CCCCO. The van der Waals surface area contributed by atoms with E-state index in [9.17, 15) is 0 Å². The first-order valence-corrected chi connectivity index (χ1v) is 5.10. The molecule has 0 aromatic heterocycles. The van der Waals surface area contributed by atoms with E-state index in [-0.39, 0.29) is 0 Å². The predicted octanol–water partition coefficient (Wildman–Crippen LogP) is 1.49. The maximum atomic E-state index is 8.61. The molecule has 12 heavy (non-hydrogen) atoms. The fourth-order valence-corrected chi connectivity index (χ4v) is 1.85. The minimum Gasteiger partial charge on any atom is -0.396 e. The maximum Gasteiger partial charge on any atom is 0.0431 e. The lowest BCUT2D eigenvalue weighted by Gasteiger charge is -2.15. The molecule has 0 heterocycles. The summed E-state index contributed by atoms with van der Waals surface area (Å²) in [5.74, 6) is 0.962. The molecule has 0 aromatic carbocycles. The molecule has 2 nitrogen and oxygen atoms in total. The Morgan fingerprint density at radius 3 is 2.67 bits per heavy atom. The lowest BCUT2D eigenvalue weighted by atomic mass is 10.3. The molecule has 0 bridgehead atoms. The molecule has 0 radical (unpaired) electrons. The first-order valence-electron chi connectivity index (χ1n) is 5.10. The summed E-state index contributed by atoms with van der Waals surface area (Å²) in [6, 6.07) is 0.855. The smallest absolute Gasteiger partial charge is 0.0431 e. The Morgan fingerprint density at radius 2 is 2.17 bits per heavy atom. The second kappa shape index (κ2) is 4.83. The van der Waals surface area contributed by atoms with Crippen molar-refractivity contribution in [2.45, 2.75) is 38.6 Å². The van der Waals surface area contributed by atoms with Crippen molar-refractivity contribution in [3.05, 3.63) is 0 Å². The normalized spacial score (nSPS) is 28.0. The van der Waals surface area contributed by atoms with Gasteiger partial charge in [0.25, 0.3) is 0 Å². The van der Waals surface area contributed by atoms with Gasteiger partial charge in [-0.3, -0.25) is 0 Å². The highest BCUT2D eigenvalue weighted by atomic mass is 16.2. The molecule has 0 saturated heterocycles. The Morgan fingerprint density at radius 1 is 1.42 bits per heavy atom. The van der Waals surface area contributed by atoms with Gasteiger partial charge in [0.1, 0.15) is 0 Å². The van der Waals surface area contributed by atoms with Gasteiger partial charge in [-0.05, 0) is 38.8 Å². The van der Waals surface area contributed by atoms with Crippen LogP contribution in [0.3, 0.4) is 0 Å². The van der Waals surface area contributed by atoms with Gasteiger partial charge in [0, 0.05) is 12.6 Å². The van der Waals surface area contributed by atoms with Gasteiger partial charge in [0.2, 0.25) is 0 Å². The number of aliphatic hydroxyl groups is 1. The number of hydrogen-bond donors (Lipinski definition) is 1. The van der Waals surface area contributed by atoms with Crippen molar-refractivity contribution >= 4 is 0 Å². The number of nitrogens with zero attached hydrogens (tertiary/aromatic N) is 1. The third-order valence-electron chi connectivity index (χ3n) is 2.89. The molecule has 1 saturated carbocycles. The number of unbranched alkanes of at least 4 members (excludes halogenated alkanes) is 1. The summed E-state index contributed by atoms with van der Waals surface area (Å²) in [6.45, 7) is 3.77. The molecular formula is C10H21NO. The number of aliphatic hydroxyl groups excluding tert-OH is 1. The van der Waals surface area contributed by atoms with Crippen LogP contribution in [0.5, 0.6) is 0 Å². The summed E-state index contributed by atoms with van der Waals surface area (Å²) in [4.78, 5) is 2.45. The summed E-state index contributed by atoms with van der Waals surface area (Å²) < 4.78 is 0. The summed E-state index contributed by atoms with van der Waals surface area (Å²) in [5.41, 5.74) is 0. The van der Waals surface area contributed by atoms with Gasteiger partial charge in [-0.1, -0.05) is 13.3 Å². The molecule has 2 atom stereocenters. The van der Waals surface area contributed by atoms with Gasteiger partial charge >= 0.3 is 0 Å². The molecule has 2 heteroatoms. The molecule has 1 N–H and O–H groups in total. The fourth-order valence-electron chi connectivity index (χ4n) is 1.85. The Hall–Kier alpha value is -0.0800. The lowest BCUT2D eigenvalue weighted by Crippen LogP contribution is -2.23. The molecule has 0 aliphatic heterocycles. The quantitative estimate of drug-likeness (QED) is 0.612. The van der Waals surface area contributed by atoms with Crippen molar-refractivity contribution in [1.29, 1.82) is 0 Å². The summed E-state index contributed by atoms with van der Waals surface area (Å²) in [5, 5.41) is 8.61. The van der Waals surface area contributed by atoms with E-state index in [1.165, 1.54) is 12.8 Å². The van der Waals surface area contributed by atoms with Crippen molar-refractivity contribution in [2.24, 2.45) is 5.92 Å². The summed E-state index contributed by atoms with van der Waals surface area (Å²) in [7, 11) is 2.21. The summed E-state index contributed by atoms with van der Waals surface area (Å²) >= 11 is 0. The zero-order valence-electron chi connectivity index (χ0n) is 8.29. The van der Waals surface area contributed by atoms with Crippen LogP contribution in [-0.2, 0) is 0 Å². The van der Waals surface area contributed by atoms with Gasteiger partial charge in [-0.25, -0.2) is 0 Å². The third kappa shape index (κ3) is 2.76. The molecule has 0 aromatic rings. The van der Waals surface area contributed by atoms with Crippen LogP contribution in [-0.4, -0.2) is 36.2 Å². The molecule has 1 fully saturated rings. The van der Waals surface area contributed by atoms with E-state index in [1.807, 2.05) is 0 Å². The lowest BCUT2D eigenvalue weighted by molar-refractivity contribution is 0.256. The van der Waals surface area contributed by atoms with E-state index in [0.717, 1.165) is 31.3 Å². The van der Waals surface area contributed by atoms with E-state index in [2.05, 4.69) is 18.9 Å². The second-order valence-electron chi connectivity index (χ2n) is 3.88. The van der Waals surface area contributed by atoms with Crippen LogP contribution >= 0.6 is 0 Å². The van der Waals surface area contributed by atoms with Gasteiger partial charge in [0.05, 0.1) is 0 Å². The second-order valence-corrected chi connectivity index (χ2v) is 3.88. The zero-order valence-corrected chi connectivity index (χ0v) is 8.29. The van der Waals surface area contributed by atoms with E-state index in [1.54, 1.807) is 0 Å². The Bertz CT molecular complexity index is 127. The minimum atomic E-state index is 0.343. The minimum absolute atomic E-state index is 0.343. The van der Waals surface area contributed by atoms with E-state index >= 15 is 0 Å². The standard InChI is InChI=1S/C10H21NO/c1-3-9-8-10(9)11(2)6-4-5-7-12/h9-10,12H,3-8H2,1-2H3. The fraction of sp³-hybridized carbons (Fsp3) is 1.00. The molecule has 0 amide bonds. The first-order chi connectivity index (χ1) is 5.79. The van der Waals surface area contributed by atoms with Crippen LogP contribution in [0.1, 0.15) is 32.6 Å². The van der Waals surface area contributed by atoms with E-state index < -0.39 is 0 Å². The van der Waals surface area contributed by atoms with Crippen molar-refractivity contribution in [1.82, 2.24) is 4.90 Å². The topological polar surface area (TPSA) is 23.5 Å². The van der Waals surface area contributed by atoms with Crippen LogP contribution in [0, 0.1) is 5.92 Å². The Balaban J connectivity index is 2.01. The van der Waals surface area contributed by atoms with Gasteiger partial charge in [-0.15, -0.1) is 0 Å². The maximum absolute atomic E-state index is 8.61. The Labute approximate surface area is 75.6 Å². The van der Waals surface area contributed by atoms with Crippen LogP contribution in [0.2, 0.25) is 0 Å². The molecule has 1 rings (SSSR count). The van der Waals surface area contributed by atoms with Gasteiger partial charge in [-0.2, -0.15) is 0 Å². The average Bonchev–Trinajstić information content (AvgIpc) is 2.83. The van der Waals surface area contributed by atoms with E-state index in [4.69, 9.17) is 5.11 Å². The molecular weight excluding hydrogens is 150 g/mol. The zero-order chi connectivity index (χ0) is 8.97. The number of hydrogen-bond acceptors (Lipinski definition) is 2. The third-order valence-corrected chi connectivity index (χ3v) is 2.89. The van der Waals surface area contributed by atoms with Crippen LogP contribution in [0.25, 0.3) is 0 Å². The van der Waals surface area contributed by atoms with Crippen LogP contribution in [0.4, 0.5) is 0 Å². The Kier molecular flexibility index (Phi) is 4.02. The largest absolute Gasteiger partial charge is 0.396 e. The van der Waals surface area contributed by atoms with Gasteiger partial charge in [0.15, 0.2) is 0 Å². The molecule has 0 spiro atoms. The molecule has 1 aliphatic carbocycles. The van der Waals surface area contributed by atoms with Crippen molar-refractivity contribution in [2.75, 3.05) is 20.2 Å². The molecule has 72 valence electrons. The molecule has 1 aliphatic rings. The van der Waals surface area contributed by atoms with Crippen LogP contribution < -0.4 is 0 Å². The highest BCUT2D eigenvalue weighted by Crippen LogP contribution is 2.37. The predicted molar refractivity (Wildman–Crippen MR) is 51.1 cm³/mol. The number of rotatable bonds is 6.